The number of nitrogens with two attached hydrogens (primary N) is 1. The maximum atomic E-state index is 12.5. The van der Waals surface area contributed by atoms with Crippen molar-refractivity contribution < 1.29 is 18.3 Å². The van der Waals surface area contributed by atoms with Crippen molar-refractivity contribution in [1.29, 1.82) is 0 Å². The fraction of sp³-hybridized carbons (Fsp3) is 0.143. The molecule has 2 aromatic rings. The van der Waals surface area contributed by atoms with Gasteiger partial charge >= 0.3 is 6.18 Å². The van der Waals surface area contributed by atoms with E-state index in [0.717, 1.165) is 17.7 Å². The van der Waals surface area contributed by atoms with Crippen LogP contribution in [-0.2, 0) is 11.9 Å². The fourth-order valence-corrected chi connectivity index (χ4v) is 2.51. The minimum atomic E-state index is -4.38. The summed E-state index contributed by atoms with van der Waals surface area (Å²) in [5.74, 6) is 0.739. The molecule has 0 amide bonds. The molecule has 0 aliphatic heterocycles. The van der Waals surface area contributed by atoms with Gasteiger partial charge in [0.2, 0.25) is 0 Å². The summed E-state index contributed by atoms with van der Waals surface area (Å²) in [6.07, 6.45) is -4.38. The lowest BCUT2D eigenvalue weighted by Crippen LogP contribution is -2.05. The zero-order valence-electron chi connectivity index (χ0n) is 10.3. The molecule has 0 heterocycles. The van der Waals surface area contributed by atoms with Crippen LogP contribution in [0.25, 0.3) is 0 Å². The highest BCUT2D eigenvalue weighted by molar-refractivity contribution is 7.98. The minimum Gasteiger partial charge on any atom is -0.508 e. The molecule has 0 saturated carbocycles. The Bertz CT molecular complexity index is 596. The van der Waals surface area contributed by atoms with Crippen molar-refractivity contribution in [3.8, 4) is 5.75 Å². The number of hydrogen-bond acceptors (Lipinski definition) is 3. The molecule has 0 spiro atoms. The summed E-state index contributed by atoms with van der Waals surface area (Å²) in [6.45, 7) is 0. The fourth-order valence-electron chi connectivity index (χ4n) is 1.61. The number of phenolic OH excluding ortho intramolecular Hbond substituents is 1. The van der Waals surface area contributed by atoms with Crippen LogP contribution >= 0.6 is 11.8 Å². The standard InChI is InChI=1S/C14H12F3NOS/c15-14(16,17)10-3-6-13(12(18)7-10)20-8-9-1-4-11(19)5-2-9/h1-7,19H,8,18H2. The van der Waals surface area contributed by atoms with E-state index in [1.165, 1.54) is 17.8 Å². The van der Waals surface area contributed by atoms with Crippen LogP contribution < -0.4 is 5.73 Å². The summed E-state index contributed by atoms with van der Waals surface area (Å²) in [5.41, 5.74) is 5.96. The Morgan fingerprint density at radius 1 is 1.05 bits per heavy atom. The van der Waals surface area contributed by atoms with E-state index in [2.05, 4.69) is 0 Å². The van der Waals surface area contributed by atoms with Gasteiger partial charge in [-0.05, 0) is 35.9 Å². The number of nitrogen functional groups attached to an aromatic ring is 1. The molecule has 0 atom stereocenters. The van der Waals surface area contributed by atoms with Crippen molar-refractivity contribution in [1.82, 2.24) is 0 Å². The molecule has 2 aromatic carbocycles. The number of anilines is 1. The summed E-state index contributed by atoms with van der Waals surface area (Å²) < 4.78 is 37.5. The van der Waals surface area contributed by atoms with Gasteiger partial charge in [-0.25, -0.2) is 0 Å². The van der Waals surface area contributed by atoms with Gasteiger partial charge in [0.15, 0.2) is 0 Å². The molecule has 0 bridgehead atoms. The van der Waals surface area contributed by atoms with Gasteiger partial charge in [-0.1, -0.05) is 12.1 Å². The zero-order valence-corrected chi connectivity index (χ0v) is 11.1. The van der Waals surface area contributed by atoms with Crippen LogP contribution in [0.4, 0.5) is 18.9 Å². The first-order chi connectivity index (χ1) is 9.36. The molecule has 0 fully saturated rings. The number of benzene rings is 2. The predicted molar refractivity (Wildman–Crippen MR) is 73.5 cm³/mol. The van der Waals surface area contributed by atoms with E-state index in [1.54, 1.807) is 24.3 Å². The number of thioether (sulfide) groups is 1. The topological polar surface area (TPSA) is 46.2 Å². The molecular weight excluding hydrogens is 287 g/mol. The first kappa shape index (κ1) is 14.6. The van der Waals surface area contributed by atoms with E-state index in [0.29, 0.717) is 10.6 Å². The third kappa shape index (κ3) is 3.60. The van der Waals surface area contributed by atoms with Crippen LogP contribution in [-0.4, -0.2) is 5.11 Å². The second kappa shape index (κ2) is 5.66. The summed E-state index contributed by atoms with van der Waals surface area (Å²) in [7, 11) is 0. The molecule has 2 rings (SSSR count). The summed E-state index contributed by atoms with van der Waals surface area (Å²) in [5, 5.41) is 9.16. The van der Waals surface area contributed by atoms with Crippen LogP contribution in [0.3, 0.4) is 0 Å². The Kier molecular flexibility index (Phi) is 4.13. The molecule has 2 nitrogen and oxygen atoms in total. The number of alkyl halides is 3. The molecule has 0 saturated heterocycles. The van der Waals surface area contributed by atoms with Crippen molar-refractivity contribution in [2.45, 2.75) is 16.8 Å². The van der Waals surface area contributed by atoms with Crippen LogP contribution in [0.5, 0.6) is 5.75 Å². The highest BCUT2D eigenvalue weighted by Crippen LogP contribution is 2.35. The molecule has 20 heavy (non-hydrogen) atoms. The molecule has 6 heteroatoms. The molecule has 0 aliphatic carbocycles. The highest BCUT2D eigenvalue weighted by atomic mass is 32.2. The van der Waals surface area contributed by atoms with Gasteiger partial charge in [0.05, 0.1) is 5.56 Å². The smallest absolute Gasteiger partial charge is 0.416 e. The summed E-state index contributed by atoms with van der Waals surface area (Å²) >= 11 is 1.35. The number of phenols is 1. The first-order valence-electron chi connectivity index (χ1n) is 5.73. The molecule has 106 valence electrons. The summed E-state index contributed by atoms with van der Waals surface area (Å²) in [6, 6.07) is 9.97. The monoisotopic (exact) mass is 299 g/mol. The van der Waals surface area contributed by atoms with E-state index < -0.39 is 11.7 Å². The molecule has 0 radical (unpaired) electrons. The molecule has 0 unspecified atom stereocenters. The normalized spacial score (nSPS) is 11.6. The van der Waals surface area contributed by atoms with Crippen LogP contribution in [0.1, 0.15) is 11.1 Å². The average Bonchev–Trinajstić information content (AvgIpc) is 2.38. The lowest BCUT2D eigenvalue weighted by atomic mass is 10.2. The first-order valence-corrected chi connectivity index (χ1v) is 6.72. The lowest BCUT2D eigenvalue weighted by molar-refractivity contribution is -0.137. The van der Waals surface area contributed by atoms with Gasteiger partial charge in [-0.15, -0.1) is 11.8 Å². The van der Waals surface area contributed by atoms with Gasteiger partial charge in [0.25, 0.3) is 0 Å². The molecule has 3 N–H and O–H groups in total. The van der Waals surface area contributed by atoms with Gasteiger partial charge < -0.3 is 10.8 Å². The maximum Gasteiger partial charge on any atom is 0.416 e. The predicted octanol–water partition coefficient (Wildman–Crippen LogP) is 4.29. The Labute approximate surface area is 118 Å². The molecule has 0 aliphatic rings. The van der Waals surface area contributed by atoms with E-state index in [1.807, 2.05) is 0 Å². The van der Waals surface area contributed by atoms with E-state index in [4.69, 9.17) is 10.8 Å². The van der Waals surface area contributed by atoms with Crippen molar-refractivity contribution in [2.24, 2.45) is 0 Å². The maximum absolute atomic E-state index is 12.5. The van der Waals surface area contributed by atoms with E-state index in [9.17, 15) is 13.2 Å². The third-order valence-corrected chi connectivity index (χ3v) is 3.83. The van der Waals surface area contributed by atoms with Gasteiger partial charge in [0, 0.05) is 16.3 Å². The van der Waals surface area contributed by atoms with Gasteiger partial charge in [0.1, 0.15) is 5.75 Å². The largest absolute Gasteiger partial charge is 0.508 e. The second-order valence-corrected chi connectivity index (χ2v) is 5.22. The van der Waals surface area contributed by atoms with Crippen molar-refractivity contribution in [2.75, 3.05) is 5.73 Å². The Balaban J connectivity index is 2.08. The van der Waals surface area contributed by atoms with Gasteiger partial charge in [-0.2, -0.15) is 13.2 Å². The number of halogens is 3. The number of rotatable bonds is 3. The quantitative estimate of drug-likeness (QED) is 0.656. The van der Waals surface area contributed by atoms with Crippen molar-refractivity contribution in [3.05, 3.63) is 53.6 Å². The van der Waals surface area contributed by atoms with Gasteiger partial charge in [-0.3, -0.25) is 0 Å². The highest BCUT2D eigenvalue weighted by Gasteiger charge is 2.30. The van der Waals surface area contributed by atoms with Crippen molar-refractivity contribution in [3.63, 3.8) is 0 Å². The minimum absolute atomic E-state index is 0.114. The van der Waals surface area contributed by atoms with Crippen LogP contribution in [0.2, 0.25) is 0 Å². The number of aromatic hydroxyl groups is 1. The SMILES string of the molecule is Nc1cc(C(F)(F)F)ccc1SCc1ccc(O)cc1. The van der Waals surface area contributed by atoms with Crippen molar-refractivity contribution >= 4 is 17.4 Å². The Morgan fingerprint density at radius 2 is 1.70 bits per heavy atom. The second-order valence-electron chi connectivity index (χ2n) is 4.21. The number of hydrogen-bond donors (Lipinski definition) is 2. The van der Waals surface area contributed by atoms with E-state index in [-0.39, 0.29) is 11.4 Å². The molecule has 0 aromatic heterocycles. The Hall–Kier alpha value is -1.82. The van der Waals surface area contributed by atoms with Crippen LogP contribution in [0, 0.1) is 0 Å². The Morgan fingerprint density at radius 3 is 2.25 bits per heavy atom. The van der Waals surface area contributed by atoms with E-state index >= 15 is 0 Å². The molecular formula is C14H12F3NOS. The third-order valence-electron chi connectivity index (χ3n) is 2.67. The summed E-state index contributed by atoms with van der Waals surface area (Å²) in [4.78, 5) is 0.603. The average molecular weight is 299 g/mol. The zero-order chi connectivity index (χ0) is 14.8. The lowest BCUT2D eigenvalue weighted by Gasteiger charge is -2.10. The van der Waals surface area contributed by atoms with Crippen LogP contribution in [0.15, 0.2) is 47.4 Å².